The van der Waals surface area contributed by atoms with Crippen LogP contribution in [0.15, 0.2) is 0 Å². The average molecular weight is 91.2 g/mol. The van der Waals surface area contributed by atoms with Gasteiger partial charge in [-0.2, -0.15) is 0 Å². The fraction of sp³-hybridized carbons (Fsp3) is 1.00. The van der Waals surface area contributed by atoms with Crippen LogP contribution < -0.4 is 16.6 Å². The van der Waals surface area contributed by atoms with E-state index in [0.29, 0.717) is 0 Å². The maximum absolute atomic E-state index is 4.60. The molecule has 0 aliphatic heterocycles. The van der Waals surface area contributed by atoms with Crippen molar-refractivity contribution in [3.63, 3.8) is 0 Å². The summed E-state index contributed by atoms with van der Waals surface area (Å²) in [5.41, 5.74) is 2.25. The first-order valence-corrected chi connectivity index (χ1v) is 1.79. The van der Waals surface area contributed by atoms with Crippen LogP contribution in [0.5, 0.6) is 0 Å². The maximum atomic E-state index is 4.60. The zero-order valence-electron chi connectivity index (χ0n) is 4.58. The molecule has 6 heavy (non-hydrogen) atoms. The van der Waals surface area contributed by atoms with E-state index in [1.807, 2.05) is 14.1 Å². The highest BCUT2D eigenvalue weighted by molar-refractivity contribution is 3.91. The Balaban J connectivity index is 0. The molecule has 0 unspecified atom stereocenters. The minimum atomic E-state index is 1.65. The van der Waals surface area contributed by atoms with Gasteiger partial charge >= 0.3 is 0 Å². The predicted octanol–water partition coefficient (Wildman–Crippen LogP) is -1.08. The van der Waals surface area contributed by atoms with Crippen LogP contribution in [0.25, 0.3) is 0 Å². The van der Waals surface area contributed by atoms with E-state index in [1.165, 1.54) is 0 Å². The molecular formula is C3H13N3. The molecule has 3 nitrogen and oxygen atoms in total. The second kappa shape index (κ2) is 20.8. The van der Waals surface area contributed by atoms with E-state index in [1.54, 1.807) is 7.05 Å². The molecule has 0 fully saturated rings. The SMILES string of the molecule is CNC.CNN. The fourth-order valence-electron chi connectivity index (χ4n) is 0. The lowest BCUT2D eigenvalue weighted by Crippen LogP contribution is -2.13. The quantitative estimate of drug-likeness (QED) is 0.262. The molecule has 0 heterocycles. The Morgan fingerprint density at radius 3 is 1.17 bits per heavy atom. The molecule has 0 radical (unpaired) electrons. The van der Waals surface area contributed by atoms with Crippen molar-refractivity contribution in [2.75, 3.05) is 21.1 Å². The summed E-state index contributed by atoms with van der Waals surface area (Å²) in [5, 5.41) is 2.75. The van der Waals surface area contributed by atoms with Crippen LogP contribution in [0.2, 0.25) is 0 Å². The lowest BCUT2D eigenvalue weighted by Gasteiger charge is -1.62. The third-order valence-electron chi connectivity index (χ3n) is 0. The van der Waals surface area contributed by atoms with Gasteiger partial charge in [0, 0.05) is 0 Å². The van der Waals surface area contributed by atoms with Crippen molar-refractivity contribution < 1.29 is 0 Å². The Bertz CT molecular complexity index is 8.00. The minimum Gasteiger partial charge on any atom is -0.323 e. The number of nitrogens with one attached hydrogen (secondary N) is 2. The summed E-state index contributed by atoms with van der Waals surface area (Å²) < 4.78 is 0. The Hall–Kier alpha value is -0.120. The highest BCUT2D eigenvalue weighted by Gasteiger charge is 1.25. The lowest BCUT2D eigenvalue weighted by atomic mass is 11.3. The van der Waals surface area contributed by atoms with Gasteiger partial charge in [-0.15, -0.1) is 0 Å². The first-order valence-electron chi connectivity index (χ1n) is 1.79. The zero-order chi connectivity index (χ0) is 5.41. The standard InChI is InChI=1S/C2H7N.CH6N2/c2*1-3-2/h3H,1-2H3;3H,2H2,1H3. The highest BCUT2D eigenvalue weighted by Crippen LogP contribution is 0.981. The van der Waals surface area contributed by atoms with Crippen molar-refractivity contribution in [3.8, 4) is 0 Å². The topological polar surface area (TPSA) is 50.1 Å². The predicted molar refractivity (Wildman–Crippen MR) is 28.2 cm³/mol. The van der Waals surface area contributed by atoms with Crippen molar-refractivity contribution in [2.45, 2.75) is 0 Å². The van der Waals surface area contributed by atoms with Crippen LogP contribution in [0, 0.1) is 0 Å². The molecule has 0 rings (SSSR count). The second-order valence-corrected chi connectivity index (χ2v) is 0.789. The van der Waals surface area contributed by atoms with Gasteiger partial charge < -0.3 is 5.32 Å². The Morgan fingerprint density at radius 1 is 1.17 bits per heavy atom. The molecule has 0 aromatic carbocycles. The Labute approximate surface area is 38.9 Å². The van der Waals surface area contributed by atoms with Crippen LogP contribution in [0.4, 0.5) is 0 Å². The van der Waals surface area contributed by atoms with Crippen LogP contribution in [-0.4, -0.2) is 21.1 Å². The molecule has 0 aliphatic carbocycles. The average Bonchev–Trinajstić information content (AvgIpc) is 1.39. The lowest BCUT2D eigenvalue weighted by molar-refractivity contribution is 0.900. The van der Waals surface area contributed by atoms with Crippen molar-refractivity contribution >= 4 is 0 Å². The molecule has 0 saturated heterocycles. The van der Waals surface area contributed by atoms with Crippen LogP contribution in [0.3, 0.4) is 0 Å². The monoisotopic (exact) mass is 91.1 g/mol. The first-order chi connectivity index (χ1) is 2.83. The molecule has 0 saturated carbocycles. The van der Waals surface area contributed by atoms with E-state index in [9.17, 15) is 0 Å². The van der Waals surface area contributed by atoms with Gasteiger partial charge in [0.2, 0.25) is 0 Å². The van der Waals surface area contributed by atoms with Crippen molar-refractivity contribution in [1.82, 2.24) is 10.7 Å². The largest absolute Gasteiger partial charge is 0.323 e. The third-order valence-corrected chi connectivity index (χ3v) is 0. The van der Waals surface area contributed by atoms with Crippen LogP contribution >= 0.6 is 0 Å². The summed E-state index contributed by atoms with van der Waals surface area (Å²) in [6, 6.07) is 0. The van der Waals surface area contributed by atoms with Gasteiger partial charge in [0.25, 0.3) is 0 Å². The molecule has 0 amide bonds. The molecular weight excluding hydrogens is 78.1 g/mol. The Kier molecular flexibility index (Phi) is 32.2. The fourth-order valence-corrected chi connectivity index (χ4v) is 0. The van der Waals surface area contributed by atoms with Gasteiger partial charge in [0.05, 0.1) is 0 Å². The minimum absolute atomic E-state index is 1.65. The normalized spacial score (nSPS) is 6.00. The second-order valence-electron chi connectivity index (χ2n) is 0.789. The van der Waals surface area contributed by atoms with Crippen LogP contribution in [0.1, 0.15) is 0 Å². The van der Waals surface area contributed by atoms with E-state index < -0.39 is 0 Å². The van der Waals surface area contributed by atoms with Gasteiger partial charge in [0.1, 0.15) is 0 Å². The van der Waals surface area contributed by atoms with E-state index >= 15 is 0 Å². The van der Waals surface area contributed by atoms with Gasteiger partial charge in [-0.25, -0.2) is 0 Å². The summed E-state index contributed by atoms with van der Waals surface area (Å²) in [7, 11) is 5.40. The maximum Gasteiger partial charge on any atom is -0.00172 e. The zero-order valence-corrected chi connectivity index (χ0v) is 4.58. The van der Waals surface area contributed by atoms with Gasteiger partial charge in [-0.1, -0.05) is 0 Å². The summed E-state index contributed by atoms with van der Waals surface area (Å²) in [5.74, 6) is 4.60. The van der Waals surface area contributed by atoms with E-state index in [-0.39, 0.29) is 0 Å². The Morgan fingerprint density at radius 2 is 1.17 bits per heavy atom. The summed E-state index contributed by atoms with van der Waals surface area (Å²) >= 11 is 0. The molecule has 0 atom stereocenters. The molecule has 0 aromatic heterocycles. The molecule has 0 aliphatic rings. The summed E-state index contributed by atoms with van der Waals surface area (Å²) in [6.07, 6.45) is 0. The summed E-state index contributed by atoms with van der Waals surface area (Å²) in [4.78, 5) is 0. The van der Waals surface area contributed by atoms with Crippen molar-refractivity contribution in [3.05, 3.63) is 0 Å². The third kappa shape index (κ3) is 2230. The molecule has 0 aromatic rings. The number of hydrogen-bond acceptors (Lipinski definition) is 3. The first kappa shape index (κ1) is 9.30. The molecule has 4 N–H and O–H groups in total. The number of nitrogens with two attached hydrogens (primary N) is 1. The molecule has 0 spiro atoms. The van der Waals surface area contributed by atoms with Crippen molar-refractivity contribution in [2.24, 2.45) is 5.84 Å². The van der Waals surface area contributed by atoms with E-state index in [2.05, 4.69) is 16.6 Å². The number of hydrogen-bond donors (Lipinski definition) is 3. The van der Waals surface area contributed by atoms with E-state index in [0.717, 1.165) is 0 Å². The summed E-state index contributed by atoms with van der Waals surface area (Å²) in [6.45, 7) is 0. The highest BCUT2D eigenvalue weighted by atomic mass is 15.2. The smallest absolute Gasteiger partial charge is 0.00172 e. The van der Waals surface area contributed by atoms with E-state index in [4.69, 9.17) is 0 Å². The molecule has 40 valence electrons. The molecule has 3 heteroatoms. The molecule has 0 bridgehead atoms. The number of hydrazine groups is 1. The van der Waals surface area contributed by atoms with Gasteiger partial charge in [-0.3, -0.25) is 11.3 Å². The van der Waals surface area contributed by atoms with Gasteiger partial charge in [0.15, 0.2) is 0 Å². The van der Waals surface area contributed by atoms with Crippen LogP contribution in [-0.2, 0) is 0 Å². The number of rotatable bonds is 0. The van der Waals surface area contributed by atoms with Crippen molar-refractivity contribution in [1.29, 1.82) is 0 Å². The van der Waals surface area contributed by atoms with Gasteiger partial charge in [-0.05, 0) is 21.1 Å².